The minimum Gasteiger partial charge on any atom is -0.329 e. The van der Waals surface area contributed by atoms with Crippen LogP contribution in [0.2, 0.25) is 0 Å². The van der Waals surface area contributed by atoms with Gasteiger partial charge in [-0.1, -0.05) is 6.42 Å². The van der Waals surface area contributed by atoms with Crippen LogP contribution < -0.4 is 4.90 Å². The van der Waals surface area contributed by atoms with Crippen LogP contribution in [0, 0.1) is 11.7 Å². The number of hydrogen-bond acceptors (Lipinski definition) is 2. The van der Waals surface area contributed by atoms with Crippen molar-refractivity contribution in [2.75, 3.05) is 18.0 Å². The van der Waals surface area contributed by atoms with Crippen LogP contribution in [0.4, 0.5) is 10.1 Å². The zero-order valence-corrected chi connectivity index (χ0v) is 12.1. The Labute approximate surface area is 123 Å². The molecule has 1 saturated heterocycles. The molecule has 4 nitrogen and oxygen atoms in total. The summed E-state index contributed by atoms with van der Waals surface area (Å²) in [5, 5.41) is 0. The Kier molecular flexibility index (Phi) is 3.66. The van der Waals surface area contributed by atoms with Crippen molar-refractivity contribution in [2.24, 2.45) is 5.92 Å². The summed E-state index contributed by atoms with van der Waals surface area (Å²) in [5.41, 5.74) is 0.684. The summed E-state index contributed by atoms with van der Waals surface area (Å²) >= 11 is 0. The van der Waals surface area contributed by atoms with Crippen LogP contribution in [0.1, 0.15) is 26.2 Å². The molecule has 1 aromatic carbocycles. The van der Waals surface area contributed by atoms with Crippen molar-refractivity contribution in [1.29, 1.82) is 0 Å². The van der Waals surface area contributed by atoms with Crippen LogP contribution in [0.3, 0.4) is 0 Å². The molecule has 3 rings (SSSR count). The number of carbonyl (C=O) groups excluding carboxylic acids is 2. The molecule has 0 spiro atoms. The number of benzene rings is 1. The molecule has 112 valence electrons. The quantitative estimate of drug-likeness (QED) is 0.837. The highest BCUT2D eigenvalue weighted by Crippen LogP contribution is 2.30. The van der Waals surface area contributed by atoms with Gasteiger partial charge in [-0.15, -0.1) is 0 Å². The second kappa shape index (κ2) is 5.47. The number of nitrogens with zero attached hydrogens (tertiary/aromatic N) is 2. The average molecular weight is 290 g/mol. The zero-order valence-electron chi connectivity index (χ0n) is 12.1. The molecular formula is C16H19FN2O2. The molecule has 0 radical (unpaired) electrons. The van der Waals surface area contributed by atoms with Crippen molar-refractivity contribution in [3.05, 3.63) is 30.1 Å². The zero-order chi connectivity index (χ0) is 15.0. The predicted octanol–water partition coefficient (Wildman–Crippen LogP) is 2.19. The van der Waals surface area contributed by atoms with E-state index in [2.05, 4.69) is 0 Å². The lowest BCUT2D eigenvalue weighted by atomic mass is 9.84. The molecule has 1 aromatic rings. The number of anilines is 1. The fourth-order valence-corrected chi connectivity index (χ4v) is 2.94. The Morgan fingerprint density at radius 3 is 2.43 bits per heavy atom. The van der Waals surface area contributed by atoms with Gasteiger partial charge in [-0.3, -0.25) is 9.59 Å². The van der Waals surface area contributed by atoms with Crippen LogP contribution in [0.15, 0.2) is 24.3 Å². The van der Waals surface area contributed by atoms with E-state index < -0.39 is 6.04 Å². The fourth-order valence-electron chi connectivity index (χ4n) is 2.94. The second-order valence-corrected chi connectivity index (χ2v) is 5.80. The van der Waals surface area contributed by atoms with Gasteiger partial charge in [0, 0.05) is 24.7 Å². The third-order valence-corrected chi connectivity index (χ3v) is 4.53. The minimum atomic E-state index is -0.447. The monoisotopic (exact) mass is 290 g/mol. The molecule has 0 bridgehead atoms. The molecule has 2 amide bonds. The van der Waals surface area contributed by atoms with Crippen LogP contribution in [0.5, 0.6) is 0 Å². The van der Waals surface area contributed by atoms with E-state index in [0.29, 0.717) is 18.8 Å². The van der Waals surface area contributed by atoms with Gasteiger partial charge in [0.15, 0.2) is 0 Å². The van der Waals surface area contributed by atoms with Crippen molar-refractivity contribution in [2.45, 2.75) is 32.2 Å². The second-order valence-electron chi connectivity index (χ2n) is 5.80. The van der Waals surface area contributed by atoms with Crippen molar-refractivity contribution in [3.63, 3.8) is 0 Å². The Bertz CT molecular complexity index is 554. The highest BCUT2D eigenvalue weighted by molar-refractivity contribution is 6.00. The van der Waals surface area contributed by atoms with Gasteiger partial charge >= 0.3 is 0 Å². The maximum atomic E-state index is 13.0. The Hall–Kier alpha value is -1.91. The normalized spacial score (nSPS) is 23.1. The largest absolute Gasteiger partial charge is 0.329 e. The van der Waals surface area contributed by atoms with Crippen LogP contribution in [-0.2, 0) is 9.59 Å². The van der Waals surface area contributed by atoms with Crippen LogP contribution >= 0.6 is 0 Å². The topological polar surface area (TPSA) is 40.6 Å². The summed E-state index contributed by atoms with van der Waals surface area (Å²) in [6, 6.07) is 5.45. The van der Waals surface area contributed by atoms with Crippen LogP contribution in [-0.4, -0.2) is 35.8 Å². The van der Waals surface area contributed by atoms with E-state index in [1.807, 2.05) is 0 Å². The van der Waals surface area contributed by atoms with Gasteiger partial charge in [-0.05, 0) is 44.0 Å². The van der Waals surface area contributed by atoms with Crippen molar-refractivity contribution in [1.82, 2.24) is 4.90 Å². The van der Waals surface area contributed by atoms with E-state index in [0.717, 1.165) is 19.3 Å². The SMILES string of the molecule is C[C@@H]1C(=O)N(c2ccc(F)cc2)CCN1C(=O)C1CCC1. The van der Waals surface area contributed by atoms with Gasteiger partial charge in [-0.25, -0.2) is 4.39 Å². The van der Waals surface area contributed by atoms with E-state index in [9.17, 15) is 14.0 Å². The van der Waals surface area contributed by atoms with E-state index >= 15 is 0 Å². The standard InChI is InChI=1S/C16H19FN2O2/c1-11-15(20)19(14-7-5-13(17)6-8-14)10-9-18(11)16(21)12-3-2-4-12/h5-8,11-12H,2-4,9-10H2,1H3/t11-/m1/s1. The molecular weight excluding hydrogens is 271 g/mol. The first kappa shape index (κ1) is 14.0. The molecule has 1 atom stereocenters. The van der Waals surface area contributed by atoms with Crippen molar-refractivity contribution in [3.8, 4) is 0 Å². The Morgan fingerprint density at radius 1 is 1.19 bits per heavy atom. The molecule has 21 heavy (non-hydrogen) atoms. The van der Waals surface area contributed by atoms with E-state index in [4.69, 9.17) is 0 Å². The molecule has 0 N–H and O–H groups in total. The van der Waals surface area contributed by atoms with Gasteiger partial charge in [0.1, 0.15) is 11.9 Å². The first-order valence-corrected chi connectivity index (χ1v) is 7.45. The van der Waals surface area contributed by atoms with Crippen molar-refractivity contribution < 1.29 is 14.0 Å². The Morgan fingerprint density at radius 2 is 1.86 bits per heavy atom. The average Bonchev–Trinajstić information content (AvgIpc) is 2.41. The lowest BCUT2D eigenvalue weighted by molar-refractivity contribution is -0.146. The predicted molar refractivity (Wildman–Crippen MR) is 77.3 cm³/mol. The molecule has 0 unspecified atom stereocenters. The third-order valence-electron chi connectivity index (χ3n) is 4.53. The van der Waals surface area contributed by atoms with Crippen LogP contribution in [0.25, 0.3) is 0 Å². The molecule has 0 aromatic heterocycles. The number of hydrogen-bond donors (Lipinski definition) is 0. The summed E-state index contributed by atoms with van der Waals surface area (Å²) in [7, 11) is 0. The molecule has 5 heteroatoms. The molecule has 2 fully saturated rings. The summed E-state index contributed by atoms with van der Waals surface area (Å²) in [6.07, 6.45) is 2.99. The number of halogens is 1. The highest BCUT2D eigenvalue weighted by Gasteiger charge is 2.38. The summed E-state index contributed by atoms with van der Waals surface area (Å²) in [4.78, 5) is 28.2. The number of rotatable bonds is 2. The molecule has 1 aliphatic heterocycles. The molecule has 1 saturated carbocycles. The van der Waals surface area contributed by atoms with Gasteiger partial charge in [0.05, 0.1) is 0 Å². The van der Waals surface area contributed by atoms with Gasteiger partial charge in [0.2, 0.25) is 11.8 Å². The number of piperazine rings is 1. The molecule has 2 aliphatic rings. The van der Waals surface area contributed by atoms with E-state index in [-0.39, 0.29) is 23.5 Å². The summed E-state index contributed by atoms with van der Waals surface area (Å²) in [6.45, 7) is 2.78. The maximum Gasteiger partial charge on any atom is 0.249 e. The first-order valence-electron chi connectivity index (χ1n) is 7.45. The van der Waals surface area contributed by atoms with E-state index in [1.165, 1.54) is 12.1 Å². The fraction of sp³-hybridized carbons (Fsp3) is 0.500. The number of carbonyl (C=O) groups is 2. The Balaban J connectivity index is 1.73. The molecule has 1 heterocycles. The maximum absolute atomic E-state index is 13.0. The summed E-state index contributed by atoms with van der Waals surface area (Å²) in [5.74, 6) is -0.197. The van der Waals surface area contributed by atoms with E-state index in [1.54, 1.807) is 28.9 Å². The number of amides is 2. The van der Waals surface area contributed by atoms with Gasteiger partial charge < -0.3 is 9.80 Å². The lowest BCUT2D eigenvalue weighted by Crippen LogP contribution is -2.59. The van der Waals surface area contributed by atoms with Gasteiger partial charge in [-0.2, -0.15) is 0 Å². The molecule has 1 aliphatic carbocycles. The lowest BCUT2D eigenvalue weighted by Gasteiger charge is -2.41. The minimum absolute atomic E-state index is 0.0967. The smallest absolute Gasteiger partial charge is 0.249 e. The highest BCUT2D eigenvalue weighted by atomic mass is 19.1. The summed E-state index contributed by atoms with van der Waals surface area (Å²) < 4.78 is 13.0. The van der Waals surface area contributed by atoms with Crippen molar-refractivity contribution >= 4 is 17.5 Å². The third kappa shape index (κ3) is 2.52. The van der Waals surface area contributed by atoms with Gasteiger partial charge in [0.25, 0.3) is 0 Å². The first-order chi connectivity index (χ1) is 10.1.